The van der Waals surface area contributed by atoms with Crippen molar-refractivity contribution in [3.8, 4) is 0 Å². The molecule has 0 aliphatic rings. The minimum Gasteiger partial charge on any atom is -0.322 e. The first-order chi connectivity index (χ1) is 9.01. The molecule has 2 aromatic rings. The van der Waals surface area contributed by atoms with Gasteiger partial charge in [-0.2, -0.15) is 5.10 Å². The number of benzene rings is 1. The lowest BCUT2D eigenvalue weighted by atomic mass is 10.0. The summed E-state index contributed by atoms with van der Waals surface area (Å²) in [5, 5.41) is 4.31. The monoisotopic (exact) mass is 265 g/mol. The van der Waals surface area contributed by atoms with Crippen LogP contribution in [0.4, 0.5) is 8.78 Å². The highest BCUT2D eigenvalue weighted by molar-refractivity contribution is 5.22. The molecule has 1 aromatic heterocycles. The second-order valence-corrected chi connectivity index (χ2v) is 4.57. The first kappa shape index (κ1) is 13.7. The summed E-state index contributed by atoms with van der Waals surface area (Å²) in [6.07, 6.45) is 0.317. The summed E-state index contributed by atoms with van der Waals surface area (Å²) in [5.74, 6) is -1.14. The number of nitrogens with two attached hydrogens (primary N) is 1. The van der Waals surface area contributed by atoms with Crippen molar-refractivity contribution in [1.82, 2.24) is 9.78 Å². The molecule has 3 nitrogen and oxygen atoms in total. The van der Waals surface area contributed by atoms with Crippen LogP contribution in [0.2, 0.25) is 0 Å². The normalized spacial score (nSPS) is 12.7. The average Bonchev–Trinajstić information content (AvgIpc) is 2.74. The second kappa shape index (κ2) is 5.48. The van der Waals surface area contributed by atoms with Gasteiger partial charge >= 0.3 is 0 Å². The highest BCUT2D eigenvalue weighted by Crippen LogP contribution is 2.19. The molecule has 2 rings (SSSR count). The van der Waals surface area contributed by atoms with Crippen LogP contribution in [0, 0.1) is 18.6 Å². The third-order valence-corrected chi connectivity index (χ3v) is 3.07. The van der Waals surface area contributed by atoms with Crippen LogP contribution >= 0.6 is 0 Å². The van der Waals surface area contributed by atoms with Crippen LogP contribution in [0.1, 0.15) is 29.9 Å². The van der Waals surface area contributed by atoms with Crippen LogP contribution in [0.25, 0.3) is 0 Å². The molecule has 0 bridgehead atoms. The maximum Gasteiger partial charge on any atom is 0.129 e. The minimum absolute atomic E-state index is 0.317. The number of hydrogen-bond donors (Lipinski definition) is 1. The number of rotatable bonds is 4. The highest BCUT2D eigenvalue weighted by atomic mass is 19.1. The summed E-state index contributed by atoms with van der Waals surface area (Å²) < 4.78 is 28.2. The lowest BCUT2D eigenvalue weighted by molar-refractivity contribution is 0.540. The number of hydrogen-bond acceptors (Lipinski definition) is 2. The van der Waals surface area contributed by atoms with E-state index in [1.54, 1.807) is 4.68 Å². The molecule has 0 amide bonds. The van der Waals surface area contributed by atoms with Crippen LogP contribution in [0.15, 0.2) is 24.3 Å². The Bertz CT molecular complexity index is 578. The van der Waals surface area contributed by atoms with Crippen molar-refractivity contribution >= 4 is 0 Å². The van der Waals surface area contributed by atoms with E-state index < -0.39 is 11.6 Å². The van der Waals surface area contributed by atoms with Crippen LogP contribution in [-0.4, -0.2) is 9.78 Å². The zero-order chi connectivity index (χ0) is 14.0. The summed E-state index contributed by atoms with van der Waals surface area (Å²) in [7, 11) is 0. The van der Waals surface area contributed by atoms with E-state index in [2.05, 4.69) is 5.10 Å². The Morgan fingerprint density at radius 1 is 1.32 bits per heavy atom. The second-order valence-electron chi connectivity index (χ2n) is 4.57. The Morgan fingerprint density at radius 2 is 2.05 bits per heavy atom. The van der Waals surface area contributed by atoms with Gasteiger partial charge in [-0.25, -0.2) is 8.78 Å². The predicted molar refractivity (Wildman–Crippen MR) is 69.6 cm³/mol. The van der Waals surface area contributed by atoms with Crippen molar-refractivity contribution in [3.63, 3.8) is 0 Å². The molecule has 2 N–H and O–H groups in total. The quantitative estimate of drug-likeness (QED) is 0.923. The van der Waals surface area contributed by atoms with Crippen LogP contribution in [0.5, 0.6) is 0 Å². The van der Waals surface area contributed by atoms with E-state index in [4.69, 9.17) is 5.73 Å². The molecule has 1 heterocycles. The molecular weight excluding hydrogens is 248 g/mol. The molecule has 0 aliphatic heterocycles. The van der Waals surface area contributed by atoms with Gasteiger partial charge in [0, 0.05) is 12.6 Å². The highest BCUT2D eigenvalue weighted by Gasteiger charge is 2.15. The van der Waals surface area contributed by atoms with Gasteiger partial charge in [0.1, 0.15) is 11.6 Å². The zero-order valence-corrected chi connectivity index (χ0v) is 11.0. The molecule has 102 valence electrons. The standard InChI is InChI=1S/C14H17F2N3/c1-3-19-14(6-9(2)18-19)13(17)7-10-4-5-11(15)8-12(10)16/h4-6,8,13H,3,7,17H2,1-2H3. The van der Waals surface area contributed by atoms with Crippen LogP contribution in [0.3, 0.4) is 0 Å². The Balaban J connectivity index is 2.22. The molecule has 0 aliphatic carbocycles. The Morgan fingerprint density at radius 3 is 2.68 bits per heavy atom. The molecule has 1 aromatic carbocycles. The fourth-order valence-electron chi connectivity index (χ4n) is 2.15. The summed E-state index contributed by atoms with van der Waals surface area (Å²) in [5.41, 5.74) is 8.26. The lowest BCUT2D eigenvalue weighted by Gasteiger charge is -2.13. The van der Waals surface area contributed by atoms with Gasteiger partial charge in [0.2, 0.25) is 0 Å². The summed E-state index contributed by atoms with van der Waals surface area (Å²) in [6.45, 7) is 4.57. The molecule has 0 saturated heterocycles. The maximum atomic E-state index is 13.6. The SMILES string of the molecule is CCn1nc(C)cc1C(N)Cc1ccc(F)cc1F. The topological polar surface area (TPSA) is 43.8 Å². The fourth-order valence-corrected chi connectivity index (χ4v) is 2.15. The predicted octanol–water partition coefficient (Wildman–Crippen LogP) is 2.73. The Kier molecular flexibility index (Phi) is 3.95. The van der Waals surface area contributed by atoms with Gasteiger partial charge in [-0.15, -0.1) is 0 Å². The number of nitrogens with zero attached hydrogens (tertiary/aromatic N) is 2. The molecule has 5 heteroatoms. The maximum absolute atomic E-state index is 13.6. The summed E-state index contributed by atoms with van der Waals surface area (Å²) in [4.78, 5) is 0. The largest absolute Gasteiger partial charge is 0.322 e. The average molecular weight is 265 g/mol. The lowest BCUT2D eigenvalue weighted by Crippen LogP contribution is -2.18. The molecule has 0 spiro atoms. The molecule has 0 fully saturated rings. The Labute approximate surface area is 111 Å². The third-order valence-electron chi connectivity index (χ3n) is 3.07. The first-order valence-electron chi connectivity index (χ1n) is 6.25. The van der Waals surface area contributed by atoms with Gasteiger partial charge in [0.15, 0.2) is 0 Å². The zero-order valence-electron chi connectivity index (χ0n) is 11.0. The van der Waals surface area contributed by atoms with E-state index in [0.29, 0.717) is 18.5 Å². The fraction of sp³-hybridized carbons (Fsp3) is 0.357. The van der Waals surface area contributed by atoms with E-state index in [9.17, 15) is 8.78 Å². The smallest absolute Gasteiger partial charge is 0.129 e. The van der Waals surface area contributed by atoms with Crippen molar-refractivity contribution in [1.29, 1.82) is 0 Å². The van der Waals surface area contributed by atoms with Gasteiger partial charge in [-0.1, -0.05) is 6.07 Å². The number of halogens is 2. The van der Waals surface area contributed by atoms with Gasteiger partial charge in [-0.05, 0) is 38.0 Å². The third kappa shape index (κ3) is 2.98. The summed E-state index contributed by atoms with van der Waals surface area (Å²) >= 11 is 0. The van der Waals surface area contributed by atoms with E-state index in [-0.39, 0.29) is 6.04 Å². The van der Waals surface area contributed by atoms with Gasteiger partial charge in [0.05, 0.1) is 17.4 Å². The molecular formula is C14H17F2N3. The van der Waals surface area contributed by atoms with Crippen molar-refractivity contribution in [3.05, 3.63) is 52.9 Å². The van der Waals surface area contributed by atoms with Crippen molar-refractivity contribution in [2.24, 2.45) is 5.73 Å². The number of aromatic nitrogens is 2. The van der Waals surface area contributed by atoms with E-state index in [1.807, 2.05) is 19.9 Å². The molecule has 19 heavy (non-hydrogen) atoms. The number of aryl methyl sites for hydroxylation is 2. The van der Waals surface area contributed by atoms with Gasteiger partial charge in [-0.3, -0.25) is 4.68 Å². The van der Waals surface area contributed by atoms with E-state index >= 15 is 0 Å². The van der Waals surface area contributed by atoms with E-state index in [1.165, 1.54) is 12.1 Å². The molecule has 0 saturated carbocycles. The molecule has 0 radical (unpaired) electrons. The summed E-state index contributed by atoms with van der Waals surface area (Å²) in [6, 6.07) is 5.10. The van der Waals surface area contributed by atoms with Crippen LogP contribution in [-0.2, 0) is 13.0 Å². The first-order valence-corrected chi connectivity index (χ1v) is 6.25. The molecule has 1 atom stereocenters. The van der Waals surface area contributed by atoms with Crippen molar-refractivity contribution < 1.29 is 8.78 Å². The van der Waals surface area contributed by atoms with Gasteiger partial charge in [0.25, 0.3) is 0 Å². The molecule has 1 unspecified atom stereocenters. The Hall–Kier alpha value is -1.75. The van der Waals surface area contributed by atoms with E-state index in [0.717, 1.165) is 17.5 Å². The van der Waals surface area contributed by atoms with Gasteiger partial charge < -0.3 is 5.73 Å². The van der Waals surface area contributed by atoms with Crippen molar-refractivity contribution in [2.75, 3.05) is 0 Å². The minimum atomic E-state index is -0.579. The van der Waals surface area contributed by atoms with Crippen LogP contribution < -0.4 is 5.73 Å². The van der Waals surface area contributed by atoms with Crippen molar-refractivity contribution in [2.45, 2.75) is 32.9 Å².